The monoisotopic (exact) mass is 372 g/mol. The van der Waals surface area contributed by atoms with Gasteiger partial charge in [0.25, 0.3) is 15.9 Å². The van der Waals surface area contributed by atoms with Crippen molar-refractivity contribution < 1.29 is 13.2 Å². The molecule has 0 aromatic heterocycles. The van der Waals surface area contributed by atoms with Crippen LogP contribution in [0.1, 0.15) is 48.0 Å². The predicted octanol–water partition coefficient (Wildman–Crippen LogP) is 3.86. The van der Waals surface area contributed by atoms with Crippen LogP contribution in [-0.2, 0) is 10.0 Å². The second-order valence-corrected chi connectivity index (χ2v) is 8.49. The number of rotatable bonds is 5. The maximum Gasteiger partial charge on any atom is 0.261 e. The van der Waals surface area contributed by atoms with Gasteiger partial charge in [0.1, 0.15) is 0 Å². The summed E-state index contributed by atoms with van der Waals surface area (Å²) in [5.74, 6) is -0.218. The van der Waals surface area contributed by atoms with Gasteiger partial charge >= 0.3 is 0 Å². The normalized spacial score (nSPS) is 15.4. The number of carbonyl (C=O) groups is 1. The van der Waals surface area contributed by atoms with Crippen LogP contribution in [0.25, 0.3) is 0 Å². The number of anilines is 1. The van der Waals surface area contributed by atoms with Crippen LogP contribution in [0.3, 0.4) is 0 Å². The zero-order valence-electron chi connectivity index (χ0n) is 14.9. The summed E-state index contributed by atoms with van der Waals surface area (Å²) in [6.07, 6.45) is 5.43. The Hall–Kier alpha value is -2.34. The molecule has 138 valence electrons. The van der Waals surface area contributed by atoms with Crippen LogP contribution >= 0.6 is 0 Å². The highest BCUT2D eigenvalue weighted by atomic mass is 32.2. The molecule has 1 aliphatic carbocycles. The van der Waals surface area contributed by atoms with Crippen molar-refractivity contribution in [3.05, 3.63) is 59.7 Å². The third-order valence-electron chi connectivity index (χ3n) is 4.62. The number of nitrogens with one attached hydrogen (secondary N) is 2. The Morgan fingerprint density at radius 1 is 1.00 bits per heavy atom. The molecule has 0 bridgehead atoms. The van der Waals surface area contributed by atoms with E-state index in [1.165, 1.54) is 18.6 Å². The predicted molar refractivity (Wildman–Crippen MR) is 103 cm³/mol. The lowest BCUT2D eigenvalue weighted by atomic mass is 9.95. The smallest absolute Gasteiger partial charge is 0.261 e. The van der Waals surface area contributed by atoms with Crippen molar-refractivity contribution in [3.63, 3.8) is 0 Å². The Balaban J connectivity index is 1.76. The third-order valence-corrected chi connectivity index (χ3v) is 6.00. The molecular weight excluding hydrogens is 348 g/mol. The number of amides is 1. The average Bonchev–Trinajstić information content (AvgIpc) is 2.62. The van der Waals surface area contributed by atoms with Gasteiger partial charge < -0.3 is 5.32 Å². The van der Waals surface area contributed by atoms with Gasteiger partial charge in [0.05, 0.1) is 4.90 Å². The molecule has 1 saturated carbocycles. The molecule has 0 saturated heterocycles. The summed E-state index contributed by atoms with van der Waals surface area (Å²) in [6.45, 7) is 1.90. The lowest BCUT2D eigenvalue weighted by Gasteiger charge is -2.22. The number of sulfonamides is 1. The molecule has 2 aromatic carbocycles. The van der Waals surface area contributed by atoms with Gasteiger partial charge in [-0.25, -0.2) is 8.42 Å². The zero-order valence-corrected chi connectivity index (χ0v) is 15.7. The summed E-state index contributed by atoms with van der Waals surface area (Å²) in [5, 5.41) is 3.02. The average molecular weight is 372 g/mol. The van der Waals surface area contributed by atoms with Gasteiger partial charge in [0, 0.05) is 17.3 Å². The van der Waals surface area contributed by atoms with Crippen molar-refractivity contribution >= 4 is 21.6 Å². The van der Waals surface area contributed by atoms with E-state index in [1.807, 2.05) is 13.0 Å². The Bertz CT molecular complexity index is 887. The van der Waals surface area contributed by atoms with Crippen LogP contribution in [0, 0.1) is 6.92 Å². The largest absolute Gasteiger partial charge is 0.349 e. The summed E-state index contributed by atoms with van der Waals surface area (Å²) >= 11 is 0. The molecule has 1 fully saturated rings. The summed E-state index contributed by atoms with van der Waals surface area (Å²) in [6, 6.07) is 13.5. The zero-order chi connectivity index (χ0) is 18.6. The van der Waals surface area contributed by atoms with E-state index in [1.54, 1.807) is 30.3 Å². The Morgan fingerprint density at radius 2 is 1.73 bits per heavy atom. The third kappa shape index (κ3) is 4.64. The van der Waals surface area contributed by atoms with E-state index in [9.17, 15) is 13.2 Å². The van der Waals surface area contributed by atoms with E-state index in [-0.39, 0.29) is 16.8 Å². The fourth-order valence-electron chi connectivity index (χ4n) is 3.24. The number of carbonyl (C=O) groups excluding carboxylic acids is 1. The lowest BCUT2D eigenvalue weighted by molar-refractivity contribution is 0.0927. The minimum absolute atomic E-state index is 0.0790. The molecule has 5 nitrogen and oxygen atoms in total. The van der Waals surface area contributed by atoms with Gasteiger partial charge in [-0.3, -0.25) is 9.52 Å². The van der Waals surface area contributed by atoms with Crippen molar-refractivity contribution in [2.24, 2.45) is 0 Å². The van der Waals surface area contributed by atoms with E-state index >= 15 is 0 Å². The molecular formula is C20H24N2O3S. The fourth-order valence-corrected chi connectivity index (χ4v) is 4.34. The van der Waals surface area contributed by atoms with Crippen molar-refractivity contribution in [2.45, 2.75) is 50.0 Å². The molecule has 0 heterocycles. The second-order valence-electron chi connectivity index (χ2n) is 6.81. The van der Waals surface area contributed by atoms with Crippen LogP contribution in [0.5, 0.6) is 0 Å². The van der Waals surface area contributed by atoms with Crippen molar-refractivity contribution in [1.82, 2.24) is 5.32 Å². The highest BCUT2D eigenvalue weighted by Crippen LogP contribution is 2.20. The van der Waals surface area contributed by atoms with Crippen molar-refractivity contribution in [1.29, 1.82) is 0 Å². The summed E-state index contributed by atoms with van der Waals surface area (Å²) in [4.78, 5) is 12.5. The first-order valence-electron chi connectivity index (χ1n) is 8.94. The van der Waals surface area contributed by atoms with Gasteiger partial charge in [0.15, 0.2) is 0 Å². The maximum absolute atomic E-state index is 12.6. The minimum atomic E-state index is -3.75. The quantitative estimate of drug-likeness (QED) is 0.837. The summed E-state index contributed by atoms with van der Waals surface area (Å²) in [7, 11) is -3.75. The van der Waals surface area contributed by atoms with E-state index in [2.05, 4.69) is 10.0 Å². The highest BCUT2D eigenvalue weighted by Gasteiger charge is 2.19. The summed E-state index contributed by atoms with van der Waals surface area (Å²) in [5.41, 5.74) is 1.83. The fraction of sp³-hybridized carbons (Fsp3) is 0.350. The number of benzene rings is 2. The first-order valence-corrected chi connectivity index (χ1v) is 10.4. The van der Waals surface area contributed by atoms with Crippen LogP contribution in [0.2, 0.25) is 0 Å². The molecule has 2 N–H and O–H groups in total. The lowest BCUT2D eigenvalue weighted by Crippen LogP contribution is -2.36. The number of hydrogen-bond acceptors (Lipinski definition) is 3. The maximum atomic E-state index is 12.6. The van der Waals surface area contributed by atoms with Gasteiger partial charge in [-0.2, -0.15) is 0 Å². The number of hydrogen-bond donors (Lipinski definition) is 2. The molecule has 0 spiro atoms. The Kier molecular flexibility index (Phi) is 5.61. The van der Waals surface area contributed by atoms with E-state index in [0.717, 1.165) is 31.2 Å². The molecule has 0 atom stereocenters. The first kappa shape index (κ1) is 18.5. The van der Waals surface area contributed by atoms with Crippen LogP contribution in [0.15, 0.2) is 53.4 Å². The molecule has 1 amide bonds. The molecule has 26 heavy (non-hydrogen) atoms. The second kappa shape index (κ2) is 7.91. The van der Waals surface area contributed by atoms with E-state index in [4.69, 9.17) is 0 Å². The van der Waals surface area contributed by atoms with Crippen molar-refractivity contribution in [2.75, 3.05) is 4.72 Å². The molecule has 1 aliphatic rings. The van der Waals surface area contributed by atoms with Crippen LogP contribution < -0.4 is 10.0 Å². The topological polar surface area (TPSA) is 75.3 Å². The number of aryl methyl sites for hydroxylation is 1. The van der Waals surface area contributed by atoms with E-state index in [0.29, 0.717) is 11.3 Å². The highest BCUT2D eigenvalue weighted by molar-refractivity contribution is 7.92. The molecule has 3 rings (SSSR count). The van der Waals surface area contributed by atoms with Gasteiger partial charge in [-0.05, 0) is 55.7 Å². The standard InChI is InChI=1S/C20H24N2O3S/c1-15-7-5-11-18(13-15)22-26(24,25)19-12-6-8-16(14-19)20(23)21-17-9-3-2-4-10-17/h5-8,11-14,17,22H,2-4,9-10H2,1H3,(H,21,23). The molecule has 0 aliphatic heterocycles. The van der Waals surface area contributed by atoms with Crippen LogP contribution in [-0.4, -0.2) is 20.4 Å². The molecule has 2 aromatic rings. The van der Waals surface area contributed by atoms with Crippen LogP contribution in [0.4, 0.5) is 5.69 Å². The summed E-state index contributed by atoms with van der Waals surface area (Å²) < 4.78 is 27.8. The minimum Gasteiger partial charge on any atom is -0.349 e. The van der Waals surface area contributed by atoms with E-state index < -0.39 is 10.0 Å². The first-order chi connectivity index (χ1) is 12.4. The molecule has 0 radical (unpaired) electrons. The molecule has 0 unspecified atom stereocenters. The Labute approximate surface area is 154 Å². The SMILES string of the molecule is Cc1cccc(NS(=O)(=O)c2cccc(C(=O)NC3CCCCC3)c2)c1. The van der Waals surface area contributed by atoms with Gasteiger partial charge in [-0.15, -0.1) is 0 Å². The Morgan fingerprint density at radius 3 is 2.46 bits per heavy atom. The van der Waals surface area contributed by atoms with Gasteiger partial charge in [-0.1, -0.05) is 37.5 Å². The molecule has 6 heteroatoms. The van der Waals surface area contributed by atoms with Gasteiger partial charge in [0.2, 0.25) is 0 Å². The van der Waals surface area contributed by atoms with Crippen molar-refractivity contribution in [3.8, 4) is 0 Å².